The van der Waals surface area contributed by atoms with Gasteiger partial charge in [-0.05, 0) is 119 Å². The number of benzene rings is 12. The summed E-state index contributed by atoms with van der Waals surface area (Å²) in [6.45, 7) is 0. The zero-order chi connectivity index (χ0) is 66.0. The molecule has 0 amide bonds. The number of rotatable bonds is 10. The molecule has 8 aromatic heterocycles. The van der Waals surface area contributed by atoms with Crippen molar-refractivity contribution in [3.05, 3.63) is 346 Å². The highest BCUT2D eigenvalue weighted by Gasteiger charge is 2.24. The molecule has 20 rings (SSSR count). The van der Waals surface area contributed by atoms with Crippen LogP contribution in [0.3, 0.4) is 0 Å². The third-order valence-corrected chi connectivity index (χ3v) is 19.0. The van der Waals surface area contributed by atoms with Crippen molar-refractivity contribution < 1.29 is 0 Å². The highest BCUT2D eigenvalue weighted by molar-refractivity contribution is 6.19. The Morgan fingerprint density at radius 2 is 0.600 bits per heavy atom. The van der Waals surface area contributed by atoms with Crippen molar-refractivity contribution in [1.82, 2.24) is 53.2 Å². The van der Waals surface area contributed by atoms with Crippen LogP contribution in [0.2, 0.25) is 0 Å². The van der Waals surface area contributed by atoms with Crippen molar-refractivity contribution >= 4 is 87.5 Å². The van der Waals surface area contributed by atoms with E-state index in [9.17, 15) is 0 Å². The molecule has 0 radical (unpaired) electrons. The van der Waals surface area contributed by atoms with Gasteiger partial charge in [-0.25, -0.2) is 15.0 Å². The Kier molecular flexibility index (Phi) is 13.9. The summed E-state index contributed by atoms with van der Waals surface area (Å²) in [6.07, 6.45) is 3.73. The predicted molar refractivity (Wildman–Crippen MR) is 407 cm³/mol. The molecule has 12 aromatic carbocycles. The van der Waals surface area contributed by atoms with Crippen LogP contribution in [0.15, 0.2) is 346 Å². The number of aromatic nitrogens is 11. The monoisotopic (exact) mass is 1280 g/mol. The second-order valence-corrected chi connectivity index (χ2v) is 24.8. The summed E-state index contributed by atoms with van der Waals surface area (Å²) >= 11 is 0. The van der Waals surface area contributed by atoms with Gasteiger partial charge in [0.15, 0.2) is 17.5 Å². The first-order chi connectivity index (χ1) is 49.6. The van der Waals surface area contributed by atoms with Gasteiger partial charge in [-0.15, -0.1) is 0 Å². The Morgan fingerprint density at radius 3 is 1.08 bits per heavy atom. The molecule has 0 N–H and O–H groups in total. The fourth-order valence-electron chi connectivity index (χ4n) is 14.6. The van der Waals surface area contributed by atoms with E-state index in [0.29, 0.717) is 23.4 Å². The highest BCUT2D eigenvalue weighted by atomic mass is 15.2. The molecule has 100 heavy (non-hydrogen) atoms. The van der Waals surface area contributed by atoms with E-state index in [2.05, 4.69) is 243 Å². The third kappa shape index (κ3) is 9.78. The Hall–Kier alpha value is -13.8. The molecule has 0 fully saturated rings. The van der Waals surface area contributed by atoms with Crippen LogP contribution >= 0.6 is 0 Å². The number of nitrogens with zero attached hydrogens (tertiary/aromatic N) is 11. The molecule has 0 saturated carbocycles. The van der Waals surface area contributed by atoms with Crippen LogP contribution in [0, 0.1) is 0 Å². The quantitative estimate of drug-likeness (QED) is 0.134. The highest BCUT2D eigenvalue weighted by Crippen LogP contribution is 2.44. The summed E-state index contributed by atoms with van der Waals surface area (Å²) in [5, 5.41) is 7.01. The van der Waals surface area contributed by atoms with Crippen LogP contribution in [0.25, 0.3) is 178 Å². The smallest absolute Gasteiger partial charge is 0.238 e. The third-order valence-electron chi connectivity index (χ3n) is 19.0. The van der Waals surface area contributed by atoms with Gasteiger partial charge in [-0.1, -0.05) is 231 Å². The van der Waals surface area contributed by atoms with E-state index >= 15 is 0 Å². The average molecular weight is 1280 g/mol. The second kappa shape index (κ2) is 24.2. The summed E-state index contributed by atoms with van der Waals surface area (Å²) in [6, 6.07) is 116. The Balaban J connectivity index is 0.000000139. The van der Waals surface area contributed by atoms with Crippen molar-refractivity contribution in [2.75, 3.05) is 0 Å². The molecular formula is C89H57N11. The minimum absolute atomic E-state index is 0.548. The molecule has 0 spiro atoms. The van der Waals surface area contributed by atoms with Crippen molar-refractivity contribution in [3.63, 3.8) is 0 Å². The number of para-hydroxylation sites is 4. The summed E-state index contributed by atoms with van der Waals surface area (Å²) < 4.78 is 9.06. The number of hydrogen-bond donors (Lipinski definition) is 0. The Morgan fingerprint density at radius 1 is 0.220 bits per heavy atom. The topological polar surface area (TPSA) is 110 Å². The first-order valence-electron chi connectivity index (χ1n) is 33.5. The molecular weight excluding hydrogens is 1220 g/mol. The van der Waals surface area contributed by atoms with Crippen molar-refractivity contribution in [1.29, 1.82) is 0 Å². The van der Waals surface area contributed by atoms with E-state index in [-0.39, 0.29) is 0 Å². The van der Waals surface area contributed by atoms with Crippen LogP contribution in [-0.4, -0.2) is 53.2 Å². The zero-order valence-electron chi connectivity index (χ0n) is 53.8. The van der Waals surface area contributed by atoms with Crippen LogP contribution in [0.1, 0.15) is 0 Å². The molecule has 8 heterocycles. The second-order valence-electron chi connectivity index (χ2n) is 24.8. The maximum atomic E-state index is 5.18. The molecule has 0 aliphatic heterocycles. The van der Waals surface area contributed by atoms with Crippen molar-refractivity contribution in [2.24, 2.45) is 0 Å². The molecule has 468 valence electrons. The van der Waals surface area contributed by atoms with Crippen LogP contribution in [0.4, 0.5) is 0 Å². The molecule has 0 atom stereocenters. The minimum Gasteiger partial charge on any atom is -0.309 e. The molecule has 11 heteroatoms. The Bertz CT molecular complexity index is 5990. The van der Waals surface area contributed by atoms with E-state index in [0.717, 1.165) is 100 Å². The van der Waals surface area contributed by atoms with Gasteiger partial charge >= 0.3 is 0 Å². The largest absolute Gasteiger partial charge is 0.309 e. The molecule has 11 nitrogen and oxygen atoms in total. The number of hydrogen-bond acceptors (Lipinski definition) is 7. The van der Waals surface area contributed by atoms with E-state index < -0.39 is 0 Å². The lowest BCUT2D eigenvalue weighted by Crippen LogP contribution is -2.06. The number of fused-ring (bicyclic) bond motifs is 12. The molecule has 0 aliphatic carbocycles. The normalized spacial score (nSPS) is 11.6. The maximum Gasteiger partial charge on any atom is 0.238 e. The van der Waals surface area contributed by atoms with Gasteiger partial charge in [0.25, 0.3) is 0 Å². The predicted octanol–water partition coefficient (Wildman–Crippen LogP) is 21.5. The van der Waals surface area contributed by atoms with Crippen LogP contribution < -0.4 is 0 Å². The fourth-order valence-corrected chi connectivity index (χ4v) is 14.6. The van der Waals surface area contributed by atoms with Gasteiger partial charge in [0.05, 0.1) is 60.9 Å². The standard InChI is InChI=1S/C45H29N5.C44H28N6/c1-4-14-30(15-5-1)37-29-42(48-45(47-37)31-16-6-2-7-17-31)50-39-26-25-32(28-36(39)44-41(50)24-13-27-46-44)34-21-12-23-40-43(34)35-20-10-11-22-38(35)49(40)33-18-8-3-9-19-33;1-4-14-29(15-5-1)42-46-43(30-16-6-2-7-17-30)48-44(47-42)50-37-26-25-31(28-35(37)41-39(50)24-13-27-45-41)33-21-12-23-38-40(33)34-20-10-11-22-36(34)49(38)32-18-8-3-9-19-32/h1-29H;1-28H. The average Bonchev–Trinajstić information content (AvgIpc) is 1.58. The lowest BCUT2D eigenvalue weighted by Gasteiger charge is -2.12. The molecule has 0 saturated heterocycles. The van der Waals surface area contributed by atoms with Crippen molar-refractivity contribution in [3.8, 4) is 90.8 Å². The van der Waals surface area contributed by atoms with Gasteiger partial charge in [0, 0.05) is 84.4 Å². The van der Waals surface area contributed by atoms with Gasteiger partial charge in [0.2, 0.25) is 5.95 Å². The van der Waals surface area contributed by atoms with Gasteiger partial charge in [-0.2, -0.15) is 9.97 Å². The summed E-state index contributed by atoms with van der Waals surface area (Å²) in [5.41, 5.74) is 22.1. The van der Waals surface area contributed by atoms with E-state index in [1.54, 1.807) is 0 Å². The van der Waals surface area contributed by atoms with Crippen molar-refractivity contribution in [2.45, 2.75) is 0 Å². The summed E-state index contributed by atoms with van der Waals surface area (Å²) in [7, 11) is 0. The van der Waals surface area contributed by atoms with Gasteiger partial charge < -0.3 is 9.13 Å². The summed E-state index contributed by atoms with van der Waals surface area (Å²) in [5.74, 6) is 3.26. The first-order valence-corrected chi connectivity index (χ1v) is 33.5. The maximum absolute atomic E-state index is 5.18. The number of pyridine rings is 2. The molecule has 20 aromatic rings. The lowest BCUT2D eigenvalue weighted by molar-refractivity contribution is 0.953. The molecule has 0 aliphatic rings. The lowest BCUT2D eigenvalue weighted by atomic mass is 9.98. The first kappa shape index (κ1) is 57.7. The van der Waals surface area contributed by atoms with Crippen LogP contribution in [0.5, 0.6) is 0 Å². The minimum atomic E-state index is 0.548. The zero-order valence-corrected chi connectivity index (χ0v) is 53.8. The molecule has 0 bridgehead atoms. The SMILES string of the molecule is c1ccc(-c2cc(-n3c4ccc(-c5cccc6c5c5ccccc5n6-c5ccccc5)cc4c4ncccc43)nc(-c3ccccc3)n2)cc1.c1ccc(-c2nc(-c3ccccc3)nc(-n3c4ccc(-c5cccc6c5c5ccccc5n6-c5ccccc5)cc4c4ncccc43)n2)cc1. The van der Waals surface area contributed by atoms with Gasteiger partial charge in [0.1, 0.15) is 5.82 Å². The summed E-state index contributed by atoms with van der Waals surface area (Å²) in [4.78, 5) is 35.1. The van der Waals surface area contributed by atoms with Gasteiger partial charge in [-0.3, -0.25) is 19.1 Å². The van der Waals surface area contributed by atoms with E-state index in [1.165, 1.54) is 54.7 Å². The van der Waals surface area contributed by atoms with Crippen LogP contribution in [-0.2, 0) is 0 Å². The Labute approximate surface area is 574 Å². The fraction of sp³-hybridized carbons (Fsp3) is 0. The van der Waals surface area contributed by atoms with E-state index in [4.69, 9.17) is 34.9 Å². The molecule has 0 unspecified atom stereocenters. The van der Waals surface area contributed by atoms with E-state index in [1.807, 2.05) is 122 Å².